The van der Waals surface area contributed by atoms with Crippen LogP contribution in [0.2, 0.25) is 0 Å². The summed E-state index contributed by atoms with van der Waals surface area (Å²) in [4.78, 5) is 9.94. The molecule has 0 spiro atoms. The van der Waals surface area contributed by atoms with Gasteiger partial charge in [0.2, 0.25) is 0 Å². The number of rotatable bonds is 2. The van der Waals surface area contributed by atoms with Gasteiger partial charge in [0.05, 0.1) is 0 Å². The van der Waals surface area contributed by atoms with Crippen molar-refractivity contribution in [2.24, 2.45) is 4.09 Å². The Morgan fingerprint density at radius 1 is 1.33 bits per heavy atom. The molecular weight excluding hydrogens is 223 g/mol. The van der Waals surface area contributed by atoms with Crippen LogP contribution >= 0.6 is 0 Å². The molecule has 0 saturated carbocycles. The van der Waals surface area contributed by atoms with Crippen molar-refractivity contribution in [1.29, 1.82) is 0 Å². The van der Waals surface area contributed by atoms with Gasteiger partial charge in [-0.25, -0.2) is 0 Å². The Hall–Kier alpha value is -1.06. The minimum absolute atomic E-state index is 0.0531. The summed E-state index contributed by atoms with van der Waals surface area (Å²) in [5, 5.41) is 0. The number of anilines is 1. The summed E-state index contributed by atoms with van der Waals surface area (Å²) in [5.74, 6) is 0. The summed E-state index contributed by atoms with van der Waals surface area (Å²) in [6.45, 7) is 0. The van der Waals surface area contributed by atoms with Crippen molar-refractivity contribution < 1.29 is 7.84 Å². The first kappa shape index (κ1) is 9.03. The van der Waals surface area contributed by atoms with E-state index in [9.17, 15) is 8.65 Å². The predicted octanol–water partition coefficient (Wildman–Crippen LogP) is -0.396. The van der Waals surface area contributed by atoms with Crippen molar-refractivity contribution in [1.82, 2.24) is 0 Å². The molecule has 64 valence electrons. The normalized spacial score (nSPS) is 15.1. The van der Waals surface area contributed by atoms with Crippen molar-refractivity contribution in [3.63, 3.8) is 0 Å². The van der Waals surface area contributed by atoms with Gasteiger partial charge in [-0.1, -0.05) is 0 Å². The van der Waals surface area contributed by atoms with Crippen molar-refractivity contribution in [3.05, 3.63) is 29.2 Å². The average molecular weight is 230 g/mol. The Morgan fingerprint density at radius 3 is 2.25 bits per heavy atom. The van der Waals surface area contributed by atoms with Crippen LogP contribution in [0.5, 0.6) is 0 Å². The van der Waals surface area contributed by atoms with Crippen LogP contribution in [0.15, 0.2) is 28.4 Å². The second-order valence-electron chi connectivity index (χ2n) is 2.22. The fourth-order valence-electron chi connectivity index (χ4n) is 0.716. The van der Waals surface area contributed by atoms with E-state index in [2.05, 4.69) is 4.09 Å². The third-order valence-corrected chi connectivity index (χ3v) is 3.84. The van der Waals surface area contributed by atoms with Crippen LogP contribution in [0.25, 0.3) is 0 Å². The minimum atomic E-state index is -4.65. The van der Waals surface area contributed by atoms with Crippen LogP contribution in [0.4, 0.5) is 5.69 Å². The maximum absolute atomic E-state index is 11.0. The zero-order valence-electron chi connectivity index (χ0n) is 6.04. The molecule has 0 fully saturated rings. The van der Waals surface area contributed by atoms with E-state index >= 15 is 0 Å². The molecular formula is C6H7AsN2O3. The van der Waals surface area contributed by atoms with Gasteiger partial charge in [0.1, 0.15) is 0 Å². The van der Waals surface area contributed by atoms with Gasteiger partial charge in [-0.15, -0.1) is 0 Å². The van der Waals surface area contributed by atoms with Gasteiger partial charge < -0.3 is 0 Å². The summed E-state index contributed by atoms with van der Waals surface area (Å²) in [5.41, 5.74) is 5.81. The van der Waals surface area contributed by atoms with Gasteiger partial charge in [-0.05, 0) is 0 Å². The molecule has 0 heterocycles. The Labute approximate surface area is 71.4 Å². The van der Waals surface area contributed by atoms with E-state index in [0.29, 0.717) is 5.69 Å². The second kappa shape index (κ2) is 3.13. The van der Waals surface area contributed by atoms with Gasteiger partial charge in [-0.3, -0.25) is 0 Å². The molecule has 1 aromatic rings. The van der Waals surface area contributed by atoms with E-state index in [1.54, 1.807) is 0 Å². The number of nitrogen functional groups attached to an aromatic ring is 1. The van der Waals surface area contributed by atoms with Crippen LogP contribution in [0.3, 0.4) is 0 Å². The van der Waals surface area contributed by atoms with Gasteiger partial charge in [0.15, 0.2) is 0 Å². The SMILES string of the molecule is Nc1ccc([As](=O)(O)N=O)cc1. The van der Waals surface area contributed by atoms with Gasteiger partial charge in [0, 0.05) is 0 Å². The van der Waals surface area contributed by atoms with Gasteiger partial charge in [-0.2, -0.15) is 0 Å². The number of nitrogens with zero attached hydrogens (tertiary/aromatic N) is 1. The molecule has 0 aromatic heterocycles. The molecule has 1 aromatic carbocycles. The van der Waals surface area contributed by atoms with Crippen LogP contribution in [0.1, 0.15) is 0 Å². The third kappa shape index (κ3) is 1.75. The molecule has 1 rings (SSSR count). The van der Waals surface area contributed by atoms with Gasteiger partial charge in [0.25, 0.3) is 0 Å². The van der Waals surface area contributed by atoms with Crippen molar-refractivity contribution in [2.75, 3.05) is 5.73 Å². The number of nitroso groups, excluding NO2 is 1. The zero-order valence-corrected chi connectivity index (χ0v) is 7.92. The van der Waals surface area contributed by atoms with Crippen LogP contribution in [0, 0.1) is 4.91 Å². The van der Waals surface area contributed by atoms with Crippen molar-refractivity contribution in [2.45, 2.75) is 0 Å². The molecule has 0 aliphatic rings. The van der Waals surface area contributed by atoms with Gasteiger partial charge >= 0.3 is 70.9 Å². The first-order valence-corrected chi connectivity index (χ1v) is 6.48. The van der Waals surface area contributed by atoms with E-state index in [1.807, 2.05) is 0 Å². The molecule has 6 heteroatoms. The molecule has 0 saturated heterocycles. The Balaban J connectivity index is 3.13. The van der Waals surface area contributed by atoms with Crippen LogP contribution in [-0.4, -0.2) is 18.2 Å². The Bertz CT molecular complexity index is 335. The molecule has 12 heavy (non-hydrogen) atoms. The van der Waals surface area contributed by atoms with E-state index in [4.69, 9.17) is 9.83 Å². The van der Waals surface area contributed by atoms with E-state index in [0.717, 1.165) is 0 Å². The standard InChI is InChI=1S/C6H7AsN2O3/c8-6-3-1-5(2-4-6)7(10,11)9-12/h1-4H,8H2,(H,10,11). The summed E-state index contributed by atoms with van der Waals surface area (Å²) < 4.78 is 22.2. The van der Waals surface area contributed by atoms with E-state index in [1.165, 1.54) is 24.3 Å². The molecule has 5 nitrogen and oxygen atoms in total. The summed E-state index contributed by atoms with van der Waals surface area (Å²) >= 11 is -4.65. The second-order valence-corrected chi connectivity index (χ2v) is 5.93. The topological polar surface area (TPSA) is 92.8 Å². The van der Waals surface area contributed by atoms with Crippen LogP contribution < -0.4 is 10.1 Å². The molecule has 0 aliphatic heterocycles. The molecule has 3 N–H and O–H groups in total. The molecule has 0 bridgehead atoms. The Kier molecular flexibility index (Phi) is 2.35. The number of hydrogen-bond donors (Lipinski definition) is 2. The quantitative estimate of drug-likeness (QED) is 0.411. The summed E-state index contributed by atoms with van der Waals surface area (Å²) in [6, 6.07) is 5.56. The van der Waals surface area contributed by atoms with E-state index < -0.39 is 14.1 Å². The number of benzene rings is 1. The van der Waals surface area contributed by atoms with Crippen LogP contribution in [-0.2, 0) is 3.74 Å². The van der Waals surface area contributed by atoms with Crippen molar-refractivity contribution >= 4 is 24.1 Å². The summed E-state index contributed by atoms with van der Waals surface area (Å²) in [7, 11) is 0. The summed E-state index contributed by atoms with van der Waals surface area (Å²) in [6.07, 6.45) is 0. The Morgan fingerprint density at radius 2 is 1.83 bits per heavy atom. The first-order valence-electron chi connectivity index (χ1n) is 3.10. The fraction of sp³-hybridized carbons (Fsp3) is 0. The molecule has 1 unspecified atom stereocenters. The monoisotopic (exact) mass is 230 g/mol. The molecule has 0 amide bonds. The molecule has 0 radical (unpaired) electrons. The maximum atomic E-state index is 11.0. The zero-order chi connectivity index (χ0) is 9.19. The first-order chi connectivity index (χ1) is 5.56. The molecule has 0 aliphatic carbocycles. The fourth-order valence-corrected chi connectivity index (χ4v) is 2.04. The van der Waals surface area contributed by atoms with E-state index in [-0.39, 0.29) is 4.35 Å². The molecule has 1 atom stereocenters. The predicted molar refractivity (Wildman–Crippen MR) is 44.9 cm³/mol. The number of hydrogen-bond acceptors (Lipinski definition) is 3. The number of nitrogens with two attached hydrogens (primary N) is 1. The van der Waals surface area contributed by atoms with Crippen molar-refractivity contribution in [3.8, 4) is 0 Å². The third-order valence-electron chi connectivity index (χ3n) is 1.34. The average Bonchev–Trinajstić information content (AvgIpc) is 2.05.